The molecule has 0 aromatic heterocycles. The van der Waals surface area contributed by atoms with Crippen molar-refractivity contribution in [2.45, 2.75) is 64.3 Å². The molecule has 1 fully saturated rings. The summed E-state index contributed by atoms with van der Waals surface area (Å²) in [5.74, 6) is 0.808. The van der Waals surface area contributed by atoms with E-state index in [1.165, 1.54) is 24.8 Å². The van der Waals surface area contributed by atoms with Crippen LogP contribution in [0.1, 0.15) is 58.4 Å². The third-order valence-corrected chi connectivity index (χ3v) is 5.03. The van der Waals surface area contributed by atoms with E-state index in [0.29, 0.717) is 6.04 Å². The van der Waals surface area contributed by atoms with Crippen LogP contribution in [0.4, 0.5) is 0 Å². The molecule has 118 valence electrons. The summed E-state index contributed by atoms with van der Waals surface area (Å²) in [7, 11) is 0. The summed E-state index contributed by atoms with van der Waals surface area (Å²) in [6.07, 6.45) is 6.05. The molecule has 0 amide bonds. The smallest absolute Gasteiger partial charge is 0.137 e. The molecular weight excluding hydrogens is 282 g/mol. The van der Waals surface area contributed by atoms with Crippen molar-refractivity contribution >= 4 is 11.6 Å². The fraction of sp³-hybridized carbons (Fsp3) is 0.667. The first-order chi connectivity index (χ1) is 10.0. The summed E-state index contributed by atoms with van der Waals surface area (Å²) in [5, 5.41) is 4.27. The first kappa shape index (κ1) is 16.6. The van der Waals surface area contributed by atoms with E-state index in [1.807, 2.05) is 6.07 Å². The van der Waals surface area contributed by atoms with E-state index in [1.54, 1.807) is 0 Å². The Kier molecular flexibility index (Phi) is 5.95. The lowest BCUT2D eigenvalue weighted by Crippen LogP contribution is -2.35. The summed E-state index contributed by atoms with van der Waals surface area (Å²) < 4.78 is 5.87. The molecule has 2 nitrogen and oxygen atoms in total. The minimum Gasteiger partial charge on any atom is -0.492 e. The van der Waals surface area contributed by atoms with Gasteiger partial charge < -0.3 is 10.1 Å². The second kappa shape index (κ2) is 7.51. The van der Waals surface area contributed by atoms with Gasteiger partial charge in [0.1, 0.15) is 5.75 Å². The minimum atomic E-state index is 0.161. The van der Waals surface area contributed by atoms with Crippen LogP contribution in [0.3, 0.4) is 0 Å². The number of ether oxygens (including phenoxy) is 1. The van der Waals surface area contributed by atoms with E-state index in [4.69, 9.17) is 16.3 Å². The Morgan fingerprint density at radius 1 is 1.33 bits per heavy atom. The van der Waals surface area contributed by atoms with E-state index in [2.05, 4.69) is 38.2 Å². The highest BCUT2D eigenvalue weighted by molar-refractivity contribution is 6.32. The Morgan fingerprint density at radius 3 is 2.76 bits per heavy atom. The number of hydrogen-bond donors (Lipinski definition) is 1. The van der Waals surface area contributed by atoms with Crippen LogP contribution < -0.4 is 10.1 Å². The highest BCUT2D eigenvalue weighted by Gasteiger charge is 2.19. The Bertz CT molecular complexity index is 453. The standard InChI is InChI=1S/C18H28ClNO/c1-4-18(2,3)14-8-9-17(16(19)13-14)21-12-10-15-7-5-6-11-20-15/h8-9,13,15,20H,4-7,10-12H2,1-3H3. The second-order valence-electron chi connectivity index (χ2n) is 6.67. The van der Waals surface area contributed by atoms with E-state index in [9.17, 15) is 0 Å². The monoisotopic (exact) mass is 309 g/mol. The van der Waals surface area contributed by atoms with Gasteiger partial charge in [-0.2, -0.15) is 0 Å². The predicted octanol–water partition coefficient (Wildman–Crippen LogP) is 4.94. The van der Waals surface area contributed by atoms with Crippen molar-refractivity contribution in [2.24, 2.45) is 0 Å². The van der Waals surface area contributed by atoms with Gasteiger partial charge >= 0.3 is 0 Å². The first-order valence-corrected chi connectivity index (χ1v) is 8.57. The summed E-state index contributed by atoms with van der Waals surface area (Å²) in [6, 6.07) is 6.82. The van der Waals surface area contributed by atoms with Crippen molar-refractivity contribution in [1.29, 1.82) is 0 Å². The topological polar surface area (TPSA) is 21.3 Å². The van der Waals surface area contributed by atoms with Crippen LogP contribution in [0.5, 0.6) is 5.75 Å². The van der Waals surface area contributed by atoms with Crippen LogP contribution in [0.25, 0.3) is 0 Å². The first-order valence-electron chi connectivity index (χ1n) is 8.19. The summed E-state index contributed by atoms with van der Waals surface area (Å²) in [5.41, 5.74) is 1.44. The van der Waals surface area contributed by atoms with Crippen molar-refractivity contribution < 1.29 is 4.74 Å². The normalized spacial score (nSPS) is 19.5. The fourth-order valence-electron chi connectivity index (χ4n) is 2.72. The van der Waals surface area contributed by atoms with Crippen LogP contribution in [0.2, 0.25) is 5.02 Å². The van der Waals surface area contributed by atoms with E-state index < -0.39 is 0 Å². The van der Waals surface area contributed by atoms with Crippen molar-refractivity contribution in [3.8, 4) is 5.75 Å². The van der Waals surface area contributed by atoms with Gasteiger partial charge in [-0.1, -0.05) is 44.9 Å². The van der Waals surface area contributed by atoms with E-state index in [0.717, 1.165) is 36.8 Å². The lowest BCUT2D eigenvalue weighted by molar-refractivity contribution is 0.268. The Labute approximate surface area is 134 Å². The molecule has 0 aliphatic carbocycles. The number of nitrogens with one attached hydrogen (secondary N) is 1. The Morgan fingerprint density at radius 2 is 2.14 bits per heavy atom. The van der Waals surface area contributed by atoms with Crippen LogP contribution in [-0.2, 0) is 5.41 Å². The van der Waals surface area contributed by atoms with Gasteiger partial charge in [0.15, 0.2) is 0 Å². The fourth-order valence-corrected chi connectivity index (χ4v) is 2.96. The maximum Gasteiger partial charge on any atom is 0.137 e. The van der Waals surface area contributed by atoms with E-state index in [-0.39, 0.29) is 5.41 Å². The van der Waals surface area contributed by atoms with Crippen molar-refractivity contribution in [2.75, 3.05) is 13.2 Å². The molecule has 0 radical (unpaired) electrons. The molecule has 21 heavy (non-hydrogen) atoms. The molecule has 2 rings (SSSR count). The molecule has 1 unspecified atom stereocenters. The average molecular weight is 310 g/mol. The van der Waals surface area contributed by atoms with Crippen LogP contribution >= 0.6 is 11.6 Å². The van der Waals surface area contributed by atoms with E-state index >= 15 is 0 Å². The molecule has 1 atom stereocenters. The maximum absolute atomic E-state index is 6.37. The number of piperidine rings is 1. The molecule has 1 aliphatic heterocycles. The molecule has 0 saturated carbocycles. The zero-order chi connectivity index (χ0) is 15.3. The minimum absolute atomic E-state index is 0.161. The number of benzene rings is 1. The lowest BCUT2D eigenvalue weighted by Gasteiger charge is -2.25. The lowest BCUT2D eigenvalue weighted by atomic mass is 9.82. The van der Waals surface area contributed by atoms with Gasteiger partial charge in [-0.3, -0.25) is 0 Å². The van der Waals surface area contributed by atoms with Crippen molar-refractivity contribution in [3.05, 3.63) is 28.8 Å². The predicted molar refractivity (Wildman–Crippen MR) is 90.5 cm³/mol. The molecule has 0 spiro atoms. The zero-order valence-corrected chi connectivity index (χ0v) is 14.3. The molecule has 1 aromatic carbocycles. The van der Waals surface area contributed by atoms with Gasteiger partial charge in [0.2, 0.25) is 0 Å². The quantitative estimate of drug-likeness (QED) is 0.803. The molecule has 0 bridgehead atoms. The summed E-state index contributed by atoms with van der Waals surface area (Å²) in [4.78, 5) is 0. The van der Waals surface area contributed by atoms with Gasteiger partial charge in [0.25, 0.3) is 0 Å². The summed E-state index contributed by atoms with van der Waals surface area (Å²) in [6.45, 7) is 8.57. The summed E-state index contributed by atoms with van der Waals surface area (Å²) >= 11 is 6.37. The Hall–Kier alpha value is -0.730. The van der Waals surface area contributed by atoms with Crippen LogP contribution in [0, 0.1) is 0 Å². The van der Waals surface area contributed by atoms with Gasteiger partial charge in [0.05, 0.1) is 11.6 Å². The number of hydrogen-bond acceptors (Lipinski definition) is 2. The highest BCUT2D eigenvalue weighted by Crippen LogP contribution is 2.33. The second-order valence-corrected chi connectivity index (χ2v) is 7.07. The maximum atomic E-state index is 6.37. The van der Waals surface area contributed by atoms with Crippen molar-refractivity contribution in [3.63, 3.8) is 0 Å². The third kappa shape index (κ3) is 4.62. The van der Waals surface area contributed by atoms with Crippen molar-refractivity contribution in [1.82, 2.24) is 5.32 Å². The van der Waals surface area contributed by atoms with Crippen LogP contribution in [0.15, 0.2) is 18.2 Å². The Balaban J connectivity index is 1.89. The van der Waals surface area contributed by atoms with Gasteiger partial charge in [-0.05, 0) is 55.3 Å². The van der Waals surface area contributed by atoms with Crippen LogP contribution in [-0.4, -0.2) is 19.2 Å². The molecule has 1 aliphatic rings. The van der Waals surface area contributed by atoms with Gasteiger partial charge in [0, 0.05) is 6.04 Å². The number of halogens is 1. The molecule has 1 heterocycles. The largest absolute Gasteiger partial charge is 0.492 e. The van der Waals surface area contributed by atoms with Gasteiger partial charge in [-0.25, -0.2) is 0 Å². The molecule has 1 saturated heterocycles. The van der Waals surface area contributed by atoms with Gasteiger partial charge in [-0.15, -0.1) is 0 Å². The molecule has 3 heteroatoms. The average Bonchev–Trinajstić information content (AvgIpc) is 2.50. The highest BCUT2D eigenvalue weighted by atomic mass is 35.5. The molecular formula is C18H28ClNO. The third-order valence-electron chi connectivity index (χ3n) is 4.73. The SMILES string of the molecule is CCC(C)(C)c1ccc(OCCC2CCCCN2)c(Cl)c1. The number of rotatable bonds is 6. The zero-order valence-electron chi connectivity index (χ0n) is 13.5. The molecule has 1 N–H and O–H groups in total. The molecule has 1 aromatic rings.